The molecule has 1 saturated carbocycles. The van der Waals surface area contributed by atoms with Crippen molar-refractivity contribution in [3.63, 3.8) is 0 Å². The fourth-order valence-corrected chi connectivity index (χ4v) is 4.52. The smallest absolute Gasteiger partial charge is 0.126 e. The van der Waals surface area contributed by atoms with E-state index in [1.807, 2.05) is 5.38 Å². The van der Waals surface area contributed by atoms with Crippen LogP contribution in [0.25, 0.3) is 0 Å². The van der Waals surface area contributed by atoms with E-state index in [0.29, 0.717) is 5.92 Å². The van der Waals surface area contributed by atoms with Gasteiger partial charge in [-0.1, -0.05) is 20.8 Å². The van der Waals surface area contributed by atoms with Crippen LogP contribution in [-0.4, -0.2) is 10.1 Å². The summed E-state index contributed by atoms with van der Waals surface area (Å²) in [4.78, 5) is 4.39. The Kier molecular flexibility index (Phi) is 3.19. The average Bonchev–Trinajstić information content (AvgIpc) is 2.47. The Bertz CT molecular complexity index is 390. The highest BCUT2D eigenvalue weighted by Crippen LogP contribution is 2.49. The van der Waals surface area contributed by atoms with Crippen molar-refractivity contribution in [3.8, 4) is 0 Å². The number of halogens is 1. The molecule has 2 atom stereocenters. The molecule has 1 heterocycles. The lowest BCUT2D eigenvalue weighted by molar-refractivity contribution is -0.0636. The third kappa shape index (κ3) is 2.49. The lowest BCUT2D eigenvalue weighted by Crippen LogP contribution is -2.39. The van der Waals surface area contributed by atoms with Gasteiger partial charge in [-0.15, -0.1) is 11.3 Å². The number of aliphatic hydroxyl groups is 1. The first-order valence-corrected chi connectivity index (χ1v) is 7.32. The van der Waals surface area contributed by atoms with Gasteiger partial charge in [0.05, 0.1) is 0 Å². The number of hydrogen-bond acceptors (Lipinski definition) is 3. The van der Waals surface area contributed by atoms with Crippen molar-refractivity contribution < 1.29 is 5.11 Å². The van der Waals surface area contributed by atoms with Crippen LogP contribution in [0.3, 0.4) is 0 Å². The molecule has 2 rings (SSSR count). The van der Waals surface area contributed by atoms with Gasteiger partial charge in [0, 0.05) is 5.38 Å². The molecule has 90 valence electrons. The summed E-state index contributed by atoms with van der Waals surface area (Å²) >= 11 is 4.90. The molecule has 0 saturated heterocycles. The van der Waals surface area contributed by atoms with Crippen molar-refractivity contribution in [2.45, 2.75) is 45.6 Å². The van der Waals surface area contributed by atoms with Gasteiger partial charge in [-0.3, -0.25) is 0 Å². The molecular weight excluding hydrogens is 286 g/mol. The summed E-state index contributed by atoms with van der Waals surface area (Å²) in [5.74, 6) is 0.552. The quantitative estimate of drug-likeness (QED) is 0.852. The fourth-order valence-electron chi connectivity index (χ4n) is 3.16. The molecule has 0 radical (unpaired) electrons. The van der Waals surface area contributed by atoms with Crippen LogP contribution in [0.4, 0.5) is 0 Å². The van der Waals surface area contributed by atoms with Gasteiger partial charge >= 0.3 is 0 Å². The van der Waals surface area contributed by atoms with E-state index in [2.05, 4.69) is 41.7 Å². The highest BCUT2D eigenvalue weighted by molar-refractivity contribution is 9.10. The van der Waals surface area contributed by atoms with Crippen molar-refractivity contribution in [1.82, 2.24) is 4.98 Å². The zero-order valence-electron chi connectivity index (χ0n) is 9.96. The third-order valence-electron chi connectivity index (χ3n) is 3.23. The maximum Gasteiger partial charge on any atom is 0.126 e. The average molecular weight is 304 g/mol. The van der Waals surface area contributed by atoms with E-state index < -0.39 is 5.60 Å². The number of rotatable bonds is 1. The van der Waals surface area contributed by atoms with E-state index in [1.165, 1.54) is 6.42 Å². The van der Waals surface area contributed by atoms with E-state index in [1.54, 1.807) is 11.3 Å². The van der Waals surface area contributed by atoms with Crippen LogP contribution in [-0.2, 0) is 5.60 Å². The molecule has 0 aromatic carbocycles. The number of aromatic nitrogens is 1. The second-order valence-corrected chi connectivity index (χ2v) is 7.53. The van der Waals surface area contributed by atoms with Crippen LogP contribution in [0.15, 0.2) is 9.98 Å². The molecule has 0 aliphatic heterocycles. The molecule has 1 aliphatic rings. The van der Waals surface area contributed by atoms with Crippen molar-refractivity contribution in [2.24, 2.45) is 11.3 Å². The van der Waals surface area contributed by atoms with Crippen LogP contribution in [0.1, 0.15) is 45.0 Å². The Morgan fingerprint density at radius 2 is 2.19 bits per heavy atom. The molecule has 1 aromatic rings. The topological polar surface area (TPSA) is 33.1 Å². The molecule has 1 aliphatic carbocycles. The summed E-state index contributed by atoms with van der Waals surface area (Å²) in [6.07, 6.45) is 2.82. The summed E-state index contributed by atoms with van der Waals surface area (Å²) < 4.78 is 0.831. The lowest BCUT2D eigenvalue weighted by Gasteiger charge is -2.43. The summed E-state index contributed by atoms with van der Waals surface area (Å²) in [5, 5.41) is 13.6. The lowest BCUT2D eigenvalue weighted by atomic mass is 9.66. The van der Waals surface area contributed by atoms with Crippen molar-refractivity contribution in [3.05, 3.63) is 15.0 Å². The van der Waals surface area contributed by atoms with Crippen LogP contribution in [0, 0.1) is 11.3 Å². The standard InChI is InChI=1S/C12H18BrNOS/c1-8-4-11(2,3)7-12(15,5-8)10-14-9(13)6-16-10/h6,8,15H,4-5,7H2,1-3H3. The predicted octanol–water partition coefficient (Wildman–Crippen LogP) is 3.94. The first-order valence-electron chi connectivity index (χ1n) is 5.65. The Morgan fingerprint density at radius 1 is 1.50 bits per heavy atom. The molecular formula is C12H18BrNOS. The molecule has 0 bridgehead atoms. The molecule has 4 heteroatoms. The van der Waals surface area contributed by atoms with Crippen LogP contribution >= 0.6 is 27.3 Å². The molecule has 1 fully saturated rings. The van der Waals surface area contributed by atoms with E-state index in [0.717, 1.165) is 22.5 Å². The molecule has 16 heavy (non-hydrogen) atoms. The summed E-state index contributed by atoms with van der Waals surface area (Å²) in [6, 6.07) is 0. The van der Waals surface area contributed by atoms with E-state index in [-0.39, 0.29) is 5.41 Å². The minimum absolute atomic E-state index is 0.199. The van der Waals surface area contributed by atoms with Gasteiger partial charge in [0.25, 0.3) is 0 Å². The summed E-state index contributed by atoms with van der Waals surface area (Å²) in [7, 11) is 0. The fraction of sp³-hybridized carbons (Fsp3) is 0.750. The van der Waals surface area contributed by atoms with Crippen LogP contribution in [0.5, 0.6) is 0 Å². The molecule has 2 unspecified atom stereocenters. The SMILES string of the molecule is CC1CC(C)(C)CC(O)(c2nc(Br)cs2)C1. The van der Waals surface area contributed by atoms with Gasteiger partial charge in [-0.2, -0.15) is 0 Å². The number of nitrogens with zero attached hydrogens (tertiary/aromatic N) is 1. The molecule has 1 N–H and O–H groups in total. The highest BCUT2D eigenvalue weighted by Gasteiger charge is 2.44. The van der Waals surface area contributed by atoms with E-state index >= 15 is 0 Å². The zero-order valence-corrected chi connectivity index (χ0v) is 12.4. The van der Waals surface area contributed by atoms with Crippen molar-refractivity contribution >= 4 is 27.3 Å². The van der Waals surface area contributed by atoms with Gasteiger partial charge < -0.3 is 5.11 Å². The largest absolute Gasteiger partial charge is 0.383 e. The molecule has 2 nitrogen and oxygen atoms in total. The minimum Gasteiger partial charge on any atom is -0.383 e. The normalized spacial score (nSPS) is 33.9. The second-order valence-electron chi connectivity index (χ2n) is 5.86. The highest BCUT2D eigenvalue weighted by atomic mass is 79.9. The van der Waals surface area contributed by atoms with Crippen molar-refractivity contribution in [1.29, 1.82) is 0 Å². The third-order valence-corrected chi connectivity index (χ3v) is 4.98. The summed E-state index contributed by atoms with van der Waals surface area (Å²) in [6.45, 7) is 6.68. The van der Waals surface area contributed by atoms with Gasteiger partial charge in [0.15, 0.2) is 0 Å². The maximum atomic E-state index is 10.8. The minimum atomic E-state index is -0.724. The predicted molar refractivity (Wildman–Crippen MR) is 70.5 cm³/mol. The van der Waals surface area contributed by atoms with E-state index in [4.69, 9.17) is 0 Å². The molecule has 1 aromatic heterocycles. The van der Waals surface area contributed by atoms with Gasteiger partial charge in [-0.25, -0.2) is 4.98 Å². The molecule has 0 amide bonds. The maximum absolute atomic E-state index is 10.8. The van der Waals surface area contributed by atoms with Crippen molar-refractivity contribution in [2.75, 3.05) is 0 Å². The number of hydrogen-bond donors (Lipinski definition) is 1. The first kappa shape index (κ1) is 12.5. The molecule has 0 spiro atoms. The second kappa shape index (κ2) is 4.07. The number of thiazole rings is 1. The monoisotopic (exact) mass is 303 g/mol. The first-order chi connectivity index (χ1) is 7.31. The van der Waals surface area contributed by atoms with Gasteiger partial charge in [0.1, 0.15) is 15.2 Å². The van der Waals surface area contributed by atoms with Gasteiger partial charge in [-0.05, 0) is 46.5 Å². The van der Waals surface area contributed by atoms with Gasteiger partial charge in [0.2, 0.25) is 0 Å². The summed E-state index contributed by atoms with van der Waals surface area (Å²) in [5.41, 5.74) is -0.525. The Labute approximate surface area is 109 Å². The Balaban J connectivity index is 2.30. The zero-order chi connectivity index (χ0) is 12.0. The Morgan fingerprint density at radius 3 is 2.69 bits per heavy atom. The van der Waals surface area contributed by atoms with Crippen LogP contribution < -0.4 is 0 Å². The Hall–Kier alpha value is 0.0700. The van der Waals surface area contributed by atoms with Crippen LogP contribution in [0.2, 0.25) is 0 Å². The van der Waals surface area contributed by atoms with E-state index in [9.17, 15) is 5.11 Å².